The average molecular weight is 346 g/mol. The van der Waals surface area contributed by atoms with Crippen molar-refractivity contribution in [1.29, 1.82) is 0 Å². The molecule has 89 valence electrons. The molecule has 0 aromatic heterocycles. The van der Waals surface area contributed by atoms with Crippen molar-refractivity contribution in [2.75, 3.05) is 0 Å². The number of carbonyl (C=O) groups excluding carboxylic acids is 2. The molecule has 0 aliphatic heterocycles. The number of hydrogen-bond donors (Lipinski definition) is 0. The van der Waals surface area contributed by atoms with Gasteiger partial charge in [0.05, 0.1) is 14.9 Å². The van der Waals surface area contributed by atoms with E-state index in [1.807, 2.05) is 22.6 Å². The summed E-state index contributed by atoms with van der Waals surface area (Å²) < 4.78 is 0.671. The van der Waals surface area contributed by atoms with Crippen molar-refractivity contribution in [3.63, 3.8) is 0 Å². The quantitative estimate of drug-likeness (QED) is 0.444. The van der Waals surface area contributed by atoms with Gasteiger partial charge in [-0.1, -0.05) is 12.1 Å². The van der Waals surface area contributed by atoms with Gasteiger partial charge in [-0.2, -0.15) is 0 Å². The van der Waals surface area contributed by atoms with Gasteiger partial charge >= 0.3 is 0 Å². The number of halogens is 1. The summed E-state index contributed by atoms with van der Waals surface area (Å²) >= 11 is 1.93. The molecular weight excluding hydrogens is 337 g/mol. The van der Waals surface area contributed by atoms with Crippen LogP contribution in [0.4, 0.5) is 5.69 Å². The van der Waals surface area contributed by atoms with Crippen LogP contribution in [0.1, 0.15) is 12.8 Å². The minimum Gasteiger partial charge on any atom is -0.299 e. The van der Waals surface area contributed by atoms with E-state index in [-0.39, 0.29) is 22.2 Å². The lowest BCUT2D eigenvalue weighted by Crippen LogP contribution is -1.90. The molecule has 5 nitrogen and oxygen atoms in total. The summed E-state index contributed by atoms with van der Waals surface area (Å²) in [6.07, 6.45) is 2.03. The highest BCUT2D eigenvalue weighted by atomic mass is 127. The highest BCUT2D eigenvalue weighted by Crippen LogP contribution is 2.18. The Balaban J connectivity index is 0.000000181. The maximum atomic E-state index is 10.2. The van der Waals surface area contributed by atoms with E-state index in [0.717, 1.165) is 0 Å². The molecule has 0 N–H and O–H groups in total. The van der Waals surface area contributed by atoms with Crippen LogP contribution >= 0.6 is 22.6 Å². The van der Waals surface area contributed by atoms with Crippen LogP contribution in [0, 0.1) is 20.1 Å². The topological polar surface area (TPSA) is 77.3 Å². The lowest BCUT2D eigenvalue weighted by atomic mass is 10.3. The second-order valence-electron chi connectivity index (χ2n) is 3.29. The SMILES string of the molecule is O=C1[CH]C(=O)CC1.O=[N+]([O-])c1ccccc1I. The van der Waals surface area contributed by atoms with Gasteiger partial charge < -0.3 is 0 Å². The van der Waals surface area contributed by atoms with Crippen LogP contribution in [-0.2, 0) is 9.59 Å². The van der Waals surface area contributed by atoms with Crippen LogP contribution < -0.4 is 0 Å². The molecule has 1 saturated carbocycles. The molecule has 0 atom stereocenters. The van der Waals surface area contributed by atoms with Crippen LogP contribution in [0.2, 0.25) is 0 Å². The molecule has 1 aliphatic carbocycles. The molecule has 0 unspecified atom stereocenters. The number of rotatable bonds is 1. The van der Waals surface area contributed by atoms with E-state index in [2.05, 4.69) is 0 Å². The Kier molecular flexibility index (Phi) is 5.20. The molecular formula is C11H9INO4. The standard InChI is InChI=1S/C6H4INO2.C5H5O2/c7-5-3-1-2-4-6(5)8(9)10;6-4-1-2-5(7)3-4/h1-4H;3H,1-2H2. The highest BCUT2D eigenvalue weighted by molar-refractivity contribution is 14.1. The Morgan fingerprint density at radius 1 is 1.12 bits per heavy atom. The molecule has 1 aromatic carbocycles. The number of ketones is 2. The molecule has 6 heteroatoms. The van der Waals surface area contributed by atoms with Gasteiger partial charge in [0.2, 0.25) is 0 Å². The summed E-state index contributed by atoms with van der Waals surface area (Å²) in [7, 11) is 0. The number of nitro groups is 1. The Bertz CT molecular complexity index is 445. The molecule has 0 spiro atoms. The first-order valence-corrected chi connectivity index (χ1v) is 5.88. The first kappa shape index (κ1) is 13.8. The molecule has 1 radical (unpaired) electrons. The van der Waals surface area contributed by atoms with Crippen molar-refractivity contribution in [3.8, 4) is 0 Å². The molecule has 0 saturated heterocycles. The molecule has 1 aromatic rings. The summed E-state index contributed by atoms with van der Waals surface area (Å²) in [5, 5.41) is 10.2. The van der Waals surface area contributed by atoms with Gasteiger partial charge in [-0.15, -0.1) is 0 Å². The summed E-state index contributed by atoms with van der Waals surface area (Å²) in [5.41, 5.74) is 0.170. The molecule has 1 aliphatic rings. The van der Waals surface area contributed by atoms with Gasteiger partial charge in [-0.3, -0.25) is 19.7 Å². The fourth-order valence-corrected chi connectivity index (χ4v) is 1.75. The summed E-state index contributed by atoms with van der Waals surface area (Å²) in [4.78, 5) is 30.2. The predicted octanol–water partition coefficient (Wildman–Crippen LogP) is 2.32. The number of nitro benzene ring substituents is 1. The molecule has 0 amide bonds. The van der Waals surface area contributed by atoms with E-state index in [0.29, 0.717) is 16.4 Å². The number of benzene rings is 1. The van der Waals surface area contributed by atoms with Crippen LogP contribution in [0.25, 0.3) is 0 Å². The third kappa shape index (κ3) is 4.59. The first-order valence-electron chi connectivity index (χ1n) is 4.80. The summed E-state index contributed by atoms with van der Waals surface area (Å²) in [5.74, 6) is -0.0463. The number of nitrogens with zero attached hydrogens (tertiary/aromatic N) is 1. The van der Waals surface area contributed by atoms with Gasteiger partial charge in [-0.05, 0) is 28.7 Å². The summed E-state index contributed by atoms with van der Waals surface area (Å²) in [6, 6.07) is 6.62. The zero-order valence-corrected chi connectivity index (χ0v) is 10.9. The van der Waals surface area contributed by atoms with E-state index < -0.39 is 0 Å². The van der Waals surface area contributed by atoms with Crippen LogP contribution in [0.3, 0.4) is 0 Å². The second-order valence-corrected chi connectivity index (χ2v) is 4.45. The normalized spacial score (nSPS) is 14.2. The van der Waals surface area contributed by atoms with Crippen LogP contribution in [0.15, 0.2) is 24.3 Å². The Morgan fingerprint density at radius 2 is 1.65 bits per heavy atom. The number of carbonyl (C=O) groups is 2. The van der Waals surface area contributed by atoms with Gasteiger partial charge in [0.15, 0.2) is 0 Å². The summed E-state index contributed by atoms with van der Waals surface area (Å²) in [6.45, 7) is 0. The fraction of sp³-hybridized carbons (Fsp3) is 0.182. The predicted molar refractivity (Wildman–Crippen MR) is 69.4 cm³/mol. The third-order valence-electron chi connectivity index (χ3n) is 1.99. The monoisotopic (exact) mass is 346 g/mol. The minimum atomic E-state index is -0.387. The van der Waals surface area contributed by atoms with Gasteiger partial charge in [0.25, 0.3) is 5.69 Å². The maximum absolute atomic E-state index is 10.2. The maximum Gasteiger partial charge on any atom is 0.282 e. The number of para-hydroxylation sites is 1. The molecule has 0 heterocycles. The Labute approximate surface area is 111 Å². The van der Waals surface area contributed by atoms with E-state index in [1.54, 1.807) is 18.2 Å². The minimum absolute atomic E-state index is 0.0231. The largest absolute Gasteiger partial charge is 0.299 e. The average Bonchev–Trinajstić information content (AvgIpc) is 2.63. The smallest absolute Gasteiger partial charge is 0.282 e. The Morgan fingerprint density at radius 3 is 1.94 bits per heavy atom. The van der Waals surface area contributed by atoms with E-state index in [1.165, 1.54) is 12.5 Å². The molecule has 17 heavy (non-hydrogen) atoms. The van der Waals surface area contributed by atoms with E-state index >= 15 is 0 Å². The molecule has 0 bridgehead atoms. The van der Waals surface area contributed by atoms with Crippen LogP contribution in [-0.4, -0.2) is 16.5 Å². The third-order valence-corrected chi connectivity index (χ3v) is 2.90. The number of hydrogen-bond acceptors (Lipinski definition) is 4. The van der Waals surface area contributed by atoms with Crippen molar-refractivity contribution >= 4 is 39.8 Å². The van der Waals surface area contributed by atoms with E-state index in [4.69, 9.17) is 0 Å². The number of Topliss-reactive ketones (excluding diaryl/α,β-unsaturated/α-hetero) is 2. The van der Waals surface area contributed by atoms with Crippen molar-refractivity contribution in [2.24, 2.45) is 0 Å². The molecule has 1 fully saturated rings. The fourth-order valence-electron chi connectivity index (χ4n) is 1.17. The van der Waals surface area contributed by atoms with Gasteiger partial charge in [0.1, 0.15) is 11.6 Å². The van der Waals surface area contributed by atoms with Crippen LogP contribution in [0.5, 0.6) is 0 Å². The van der Waals surface area contributed by atoms with Crippen molar-refractivity contribution in [3.05, 3.63) is 44.4 Å². The zero-order valence-electron chi connectivity index (χ0n) is 8.76. The van der Waals surface area contributed by atoms with Gasteiger partial charge in [0, 0.05) is 18.9 Å². The Hall–Kier alpha value is -1.31. The van der Waals surface area contributed by atoms with Crippen molar-refractivity contribution in [1.82, 2.24) is 0 Å². The van der Waals surface area contributed by atoms with Crippen molar-refractivity contribution < 1.29 is 14.5 Å². The second kappa shape index (κ2) is 6.43. The lowest BCUT2D eigenvalue weighted by Gasteiger charge is -1.91. The molecule has 2 rings (SSSR count). The van der Waals surface area contributed by atoms with Crippen molar-refractivity contribution in [2.45, 2.75) is 12.8 Å². The van der Waals surface area contributed by atoms with E-state index in [9.17, 15) is 19.7 Å². The van der Waals surface area contributed by atoms with Gasteiger partial charge in [-0.25, -0.2) is 0 Å². The zero-order chi connectivity index (χ0) is 12.8. The lowest BCUT2D eigenvalue weighted by molar-refractivity contribution is -0.385. The highest BCUT2D eigenvalue weighted by Gasteiger charge is 2.18. The first-order chi connectivity index (χ1) is 8.00.